The molecule has 0 radical (unpaired) electrons. The number of carbonyl (C=O) groups is 1. The van der Waals surface area contributed by atoms with E-state index in [2.05, 4.69) is 0 Å². The summed E-state index contributed by atoms with van der Waals surface area (Å²) in [6.45, 7) is 2.54. The smallest absolute Gasteiger partial charge is 0.223 e. The summed E-state index contributed by atoms with van der Waals surface area (Å²) in [6.07, 6.45) is 7.04. The highest BCUT2D eigenvalue weighted by Gasteiger charge is 2.20. The van der Waals surface area contributed by atoms with Crippen LogP contribution in [0.15, 0.2) is 0 Å². The first-order chi connectivity index (χ1) is 8.77. The van der Waals surface area contributed by atoms with Crippen molar-refractivity contribution in [1.82, 2.24) is 4.90 Å². The van der Waals surface area contributed by atoms with Crippen molar-refractivity contribution in [2.45, 2.75) is 38.5 Å². The fourth-order valence-electron chi connectivity index (χ4n) is 2.53. The number of ether oxygens (including phenoxy) is 2. The largest absolute Gasteiger partial charge is 0.383 e. The van der Waals surface area contributed by atoms with Gasteiger partial charge in [-0.3, -0.25) is 4.79 Å². The SMILES string of the molecule is COCCN(CCOC)C(=O)CC1CCCCC1. The normalized spacial score (nSPS) is 16.8. The van der Waals surface area contributed by atoms with Gasteiger partial charge in [-0.1, -0.05) is 19.3 Å². The molecule has 0 heterocycles. The van der Waals surface area contributed by atoms with Crippen molar-refractivity contribution in [2.75, 3.05) is 40.5 Å². The molecule has 1 aliphatic carbocycles. The van der Waals surface area contributed by atoms with Crippen LogP contribution in [0.2, 0.25) is 0 Å². The molecule has 0 aromatic carbocycles. The van der Waals surface area contributed by atoms with Crippen molar-refractivity contribution in [1.29, 1.82) is 0 Å². The Kier molecular flexibility index (Phi) is 8.01. The Morgan fingerprint density at radius 3 is 2.11 bits per heavy atom. The first-order valence-corrected chi connectivity index (χ1v) is 7.03. The van der Waals surface area contributed by atoms with Gasteiger partial charge in [-0.05, 0) is 18.8 Å². The van der Waals surface area contributed by atoms with Crippen LogP contribution in [0.25, 0.3) is 0 Å². The lowest BCUT2D eigenvalue weighted by molar-refractivity contribution is -0.133. The van der Waals surface area contributed by atoms with Crippen molar-refractivity contribution in [3.8, 4) is 0 Å². The van der Waals surface area contributed by atoms with Crippen molar-refractivity contribution in [3.63, 3.8) is 0 Å². The molecule has 0 spiro atoms. The van der Waals surface area contributed by atoms with Crippen LogP contribution in [0.4, 0.5) is 0 Å². The van der Waals surface area contributed by atoms with E-state index in [1.807, 2.05) is 4.90 Å². The van der Waals surface area contributed by atoms with Crippen LogP contribution >= 0.6 is 0 Å². The minimum Gasteiger partial charge on any atom is -0.383 e. The lowest BCUT2D eigenvalue weighted by atomic mass is 9.86. The molecule has 0 aromatic heterocycles. The molecule has 1 fully saturated rings. The summed E-state index contributed by atoms with van der Waals surface area (Å²) >= 11 is 0. The molecule has 4 nitrogen and oxygen atoms in total. The molecule has 1 amide bonds. The van der Waals surface area contributed by atoms with Crippen LogP contribution in [0.5, 0.6) is 0 Å². The minimum absolute atomic E-state index is 0.260. The zero-order chi connectivity index (χ0) is 13.2. The van der Waals surface area contributed by atoms with Crippen molar-refractivity contribution < 1.29 is 14.3 Å². The summed E-state index contributed by atoms with van der Waals surface area (Å²) in [6, 6.07) is 0. The third-order valence-corrected chi connectivity index (χ3v) is 3.67. The van der Waals surface area contributed by atoms with E-state index in [9.17, 15) is 4.79 Å². The maximum atomic E-state index is 12.2. The predicted octanol–water partition coefficient (Wildman–Crippen LogP) is 2.08. The Bertz CT molecular complexity index is 219. The maximum Gasteiger partial charge on any atom is 0.223 e. The van der Waals surface area contributed by atoms with Crippen LogP contribution in [0.1, 0.15) is 38.5 Å². The average Bonchev–Trinajstić information content (AvgIpc) is 2.40. The zero-order valence-electron chi connectivity index (χ0n) is 11.8. The van der Waals surface area contributed by atoms with Gasteiger partial charge in [0, 0.05) is 33.7 Å². The first kappa shape index (κ1) is 15.4. The van der Waals surface area contributed by atoms with Gasteiger partial charge in [0.25, 0.3) is 0 Å². The molecule has 1 saturated carbocycles. The van der Waals surface area contributed by atoms with Crippen LogP contribution in [0, 0.1) is 5.92 Å². The Labute approximate surface area is 111 Å². The summed E-state index contributed by atoms with van der Waals surface area (Å²) in [5.41, 5.74) is 0. The molecule has 18 heavy (non-hydrogen) atoms. The van der Waals surface area contributed by atoms with Crippen LogP contribution in [0.3, 0.4) is 0 Å². The van der Waals surface area contributed by atoms with E-state index < -0.39 is 0 Å². The second-order valence-corrected chi connectivity index (χ2v) is 5.07. The average molecular weight is 257 g/mol. The highest BCUT2D eigenvalue weighted by Crippen LogP contribution is 2.26. The van der Waals surface area contributed by atoms with Crippen molar-refractivity contribution in [2.24, 2.45) is 5.92 Å². The monoisotopic (exact) mass is 257 g/mol. The maximum absolute atomic E-state index is 12.2. The summed E-state index contributed by atoms with van der Waals surface area (Å²) in [5, 5.41) is 0. The van der Waals surface area contributed by atoms with E-state index in [4.69, 9.17) is 9.47 Å². The second-order valence-electron chi connectivity index (χ2n) is 5.07. The second kappa shape index (κ2) is 9.34. The van der Waals surface area contributed by atoms with E-state index in [0.717, 1.165) is 0 Å². The molecule has 0 aliphatic heterocycles. The van der Waals surface area contributed by atoms with Gasteiger partial charge in [0.15, 0.2) is 0 Å². The number of nitrogens with zero attached hydrogens (tertiary/aromatic N) is 1. The summed E-state index contributed by atoms with van der Waals surface area (Å²) in [4.78, 5) is 14.1. The van der Waals surface area contributed by atoms with E-state index in [-0.39, 0.29) is 5.91 Å². The van der Waals surface area contributed by atoms with Gasteiger partial charge < -0.3 is 14.4 Å². The van der Waals surface area contributed by atoms with Gasteiger partial charge in [0.1, 0.15) is 0 Å². The number of amides is 1. The van der Waals surface area contributed by atoms with Gasteiger partial charge in [-0.15, -0.1) is 0 Å². The molecule has 0 unspecified atom stereocenters. The van der Waals surface area contributed by atoms with Crippen molar-refractivity contribution >= 4 is 5.91 Å². The quantitative estimate of drug-likeness (QED) is 0.668. The van der Waals surface area contributed by atoms with E-state index in [1.165, 1.54) is 32.1 Å². The Hall–Kier alpha value is -0.610. The standard InChI is InChI=1S/C14H27NO3/c1-17-10-8-15(9-11-18-2)14(16)12-13-6-4-3-5-7-13/h13H,3-12H2,1-2H3. The Balaban J connectivity index is 2.35. The van der Waals surface area contributed by atoms with Crippen molar-refractivity contribution in [3.05, 3.63) is 0 Å². The van der Waals surface area contributed by atoms with E-state index >= 15 is 0 Å². The topological polar surface area (TPSA) is 38.8 Å². The molecule has 0 atom stereocenters. The minimum atomic E-state index is 0.260. The van der Waals surface area contributed by atoms with Gasteiger partial charge in [-0.25, -0.2) is 0 Å². The van der Waals surface area contributed by atoms with Gasteiger partial charge in [0.2, 0.25) is 5.91 Å². The molecular formula is C14H27NO3. The zero-order valence-corrected chi connectivity index (χ0v) is 11.8. The lowest BCUT2D eigenvalue weighted by Crippen LogP contribution is -2.37. The summed E-state index contributed by atoms with van der Waals surface area (Å²) in [7, 11) is 3.33. The Morgan fingerprint density at radius 2 is 1.61 bits per heavy atom. The molecule has 4 heteroatoms. The highest BCUT2D eigenvalue weighted by atomic mass is 16.5. The number of hydrogen-bond donors (Lipinski definition) is 0. The summed E-state index contributed by atoms with van der Waals surface area (Å²) in [5.74, 6) is 0.856. The van der Waals surface area contributed by atoms with Gasteiger partial charge >= 0.3 is 0 Å². The molecule has 0 bridgehead atoms. The lowest BCUT2D eigenvalue weighted by Gasteiger charge is -2.26. The summed E-state index contributed by atoms with van der Waals surface area (Å²) < 4.78 is 10.1. The fraction of sp³-hybridized carbons (Fsp3) is 0.929. The van der Waals surface area contributed by atoms with Crippen LogP contribution in [-0.4, -0.2) is 51.3 Å². The third kappa shape index (κ3) is 5.83. The van der Waals surface area contributed by atoms with Gasteiger partial charge in [0.05, 0.1) is 13.2 Å². The van der Waals surface area contributed by atoms with Crippen LogP contribution in [-0.2, 0) is 14.3 Å². The van der Waals surface area contributed by atoms with Crippen LogP contribution < -0.4 is 0 Å². The number of hydrogen-bond acceptors (Lipinski definition) is 3. The molecule has 1 rings (SSSR count). The molecule has 0 aromatic rings. The predicted molar refractivity (Wildman–Crippen MR) is 71.5 cm³/mol. The fourth-order valence-corrected chi connectivity index (χ4v) is 2.53. The number of methoxy groups -OCH3 is 2. The highest BCUT2D eigenvalue weighted by molar-refractivity contribution is 5.76. The molecule has 1 aliphatic rings. The Morgan fingerprint density at radius 1 is 1.06 bits per heavy atom. The first-order valence-electron chi connectivity index (χ1n) is 7.03. The number of rotatable bonds is 8. The molecular weight excluding hydrogens is 230 g/mol. The molecule has 0 N–H and O–H groups in total. The number of carbonyl (C=O) groups excluding carboxylic acids is 1. The van der Waals surface area contributed by atoms with E-state index in [0.29, 0.717) is 38.6 Å². The van der Waals surface area contributed by atoms with Gasteiger partial charge in [-0.2, -0.15) is 0 Å². The molecule has 0 saturated heterocycles. The van der Waals surface area contributed by atoms with E-state index in [1.54, 1.807) is 14.2 Å². The third-order valence-electron chi connectivity index (χ3n) is 3.67. The molecule has 106 valence electrons.